The lowest BCUT2D eigenvalue weighted by Gasteiger charge is -2.26. The summed E-state index contributed by atoms with van der Waals surface area (Å²) in [4.78, 5) is 16.1. The molecule has 3 heterocycles. The van der Waals surface area contributed by atoms with Gasteiger partial charge in [-0.3, -0.25) is 9.69 Å². The Morgan fingerprint density at radius 3 is 3.00 bits per heavy atom. The molecule has 0 spiro atoms. The van der Waals surface area contributed by atoms with Gasteiger partial charge in [0, 0.05) is 11.4 Å². The van der Waals surface area contributed by atoms with Gasteiger partial charge in [0.25, 0.3) is 5.91 Å². The maximum absolute atomic E-state index is 12.3. The smallest absolute Gasteiger partial charge is 0.256 e. The molecule has 118 valence electrons. The van der Waals surface area contributed by atoms with E-state index in [0.717, 1.165) is 13.1 Å². The van der Waals surface area contributed by atoms with Gasteiger partial charge in [0.2, 0.25) is 0 Å². The molecule has 22 heavy (non-hydrogen) atoms. The summed E-state index contributed by atoms with van der Waals surface area (Å²) < 4.78 is 4.92. The number of hydrogen-bond acceptors (Lipinski definition) is 5. The molecular weight excluding hydrogens is 298 g/mol. The zero-order valence-electron chi connectivity index (χ0n) is 12.7. The Balaban J connectivity index is 1.67. The lowest BCUT2D eigenvalue weighted by atomic mass is 10.1. The zero-order chi connectivity index (χ0) is 15.4. The van der Waals surface area contributed by atoms with E-state index in [0.29, 0.717) is 24.2 Å². The lowest BCUT2D eigenvalue weighted by molar-refractivity contribution is 0.0937. The molecule has 0 bridgehead atoms. The highest BCUT2D eigenvalue weighted by atomic mass is 32.1. The number of nitrogens with zero attached hydrogens (tertiary/aromatic N) is 2. The van der Waals surface area contributed by atoms with Gasteiger partial charge in [0.15, 0.2) is 0 Å². The summed E-state index contributed by atoms with van der Waals surface area (Å²) in [6.07, 6.45) is 4.60. The van der Waals surface area contributed by atoms with Gasteiger partial charge >= 0.3 is 0 Å². The van der Waals surface area contributed by atoms with Crippen molar-refractivity contribution in [3.8, 4) is 0 Å². The molecule has 1 aliphatic rings. The lowest BCUT2D eigenvalue weighted by Crippen LogP contribution is -2.36. The SMILES string of the molecule is CCc1nocc1C(=O)NCC(c1cccs1)N1CCCC1. The Bertz CT molecular complexity index is 603. The Morgan fingerprint density at radius 1 is 1.50 bits per heavy atom. The molecule has 2 aromatic rings. The largest absolute Gasteiger partial charge is 0.364 e. The molecule has 6 heteroatoms. The van der Waals surface area contributed by atoms with E-state index in [-0.39, 0.29) is 11.9 Å². The van der Waals surface area contributed by atoms with Crippen LogP contribution < -0.4 is 5.32 Å². The number of aryl methyl sites for hydroxylation is 1. The fraction of sp³-hybridized carbons (Fsp3) is 0.500. The Morgan fingerprint density at radius 2 is 2.32 bits per heavy atom. The van der Waals surface area contributed by atoms with Crippen molar-refractivity contribution in [1.29, 1.82) is 0 Å². The maximum Gasteiger partial charge on any atom is 0.256 e. The Labute approximate surface area is 134 Å². The molecule has 1 atom stereocenters. The first-order valence-electron chi connectivity index (χ1n) is 7.78. The maximum atomic E-state index is 12.3. The number of carbonyl (C=O) groups excluding carboxylic acids is 1. The van der Waals surface area contributed by atoms with Crippen molar-refractivity contribution in [2.75, 3.05) is 19.6 Å². The highest BCUT2D eigenvalue weighted by Crippen LogP contribution is 2.27. The highest BCUT2D eigenvalue weighted by molar-refractivity contribution is 7.10. The molecule has 1 saturated heterocycles. The van der Waals surface area contributed by atoms with Crippen molar-refractivity contribution < 1.29 is 9.32 Å². The third-order valence-electron chi connectivity index (χ3n) is 4.13. The first kappa shape index (κ1) is 15.2. The van der Waals surface area contributed by atoms with Crippen molar-refractivity contribution in [1.82, 2.24) is 15.4 Å². The second-order valence-electron chi connectivity index (χ2n) is 5.51. The molecule has 3 rings (SSSR count). The first-order chi connectivity index (χ1) is 10.8. The number of aromatic nitrogens is 1. The summed E-state index contributed by atoms with van der Waals surface area (Å²) >= 11 is 1.75. The summed E-state index contributed by atoms with van der Waals surface area (Å²) in [5, 5.41) is 9.01. The van der Waals surface area contributed by atoms with E-state index < -0.39 is 0 Å². The van der Waals surface area contributed by atoms with E-state index in [1.807, 2.05) is 6.92 Å². The second kappa shape index (κ2) is 7.07. The number of carbonyl (C=O) groups is 1. The first-order valence-corrected chi connectivity index (χ1v) is 8.66. The van der Waals surface area contributed by atoms with Gasteiger partial charge in [-0.25, -0.2) is 0 Å². The summed E-state index contributed by atoms with van der Waals surface area (Å²) in [6.45, 7) is 4.79. The molecule has 1 N–H and O–H groups in total. The molecule has 0 radical (unpaired) electrons. The second-order valence-corrected chi connectivity index (χ2v) is 6.49. The third-order valence-corrected chi connectivity index (χ3v) is 5.11. The van der Waals surface area contributed by atoms with Crippen LogP contribution in [0.3, 0.4) is 0 Å². The van der Waals surface area contributed by atoms with Crippen molar-refractivity contribution in [2.24, 2.45) is 0 Å². The van der Waals surface area contributed by atoms with E-state index in [9.17, 15) is 4.79 Å². The van der Waals surface area contributed by atoms with Gasteiger partial charge in [-0.15, -0.1) is 11.3 Å². The Kier molecular flexibility index (Phi) is 4.90. The summed E-state index contributed by atoms with van der Waals surface area (Å²) in [6, 6.07) is 4.48. The van der Waals surface area contributed by atoms with Crippen molar-refractivity contribution in [2.45, 2.75) is 32.2 Å². The van der Waals surface area contributed by atoms with Crippen LogP contribution in [0.15, 0.2) is 28.3 Å². The topological polar surface area (TPSA) is 58.4 Å². The molecule has 0 aromatic carbocycles. The molecule has 1 amide bonds. The monoisotopic (exact) mass is 319 g/mol. The average Bonchev–Trinajstić information content (AvgIpc) is 3.28. The molecule has 1 aliphatic heterocycles. The standard InChI is InChI=1S/C16H21N3O2S/c1-2-13-12(11-21-18-13)16(20)17-10-14(15-6-5-9-22-15)19-7-3-4-8-19/h5-6,9,11,14H,2-4,7-8,10H2,1H3,(H,17,20). The van der Waals surface area contributed by atoms with E-state index in [4.69, 9.17) is 4.52 Å². The van der Waals surface area contributed by atoms with Gasteiger partial charge in [-0.05, 0) is 43.8 Å². The quantitative estimate of drug-likeness (QED) is 0.889. The fourth-order valence-electron chi connectivity index (χ4n) is 2.93. The van der Waals surface area contributed by atoms with Crippen LogP contribution in [-0.2, 0) is 6.42 Å². The van der Waals surface area contributed by atoms with Crippen LogP contribution in [-0.4, -0.2) is 35.6 Å². The number of likely N-dealkylation sites (tertiary alicyclic amines) is 1. The van der Waals surface area contributed by atoms with Crippen LogP contribution in [0.5, 0.6) is 0 Å². The van der Waals surface area contributed by atoms with E-state index in [2.05, 4.69) is 32.9 Å². The molecular formula is C16H21N3O2S. The molecule has 5 nitrogen and oxygen atoms in total. The molecule has 0 aliphatic carbocycles. The third kappa shape index (κ3) is 3.23. The van der Waals surface area contributed by atoms with Crippen LogP contribution in [0.25, 0.3) is 0 Å². The van der Waals surface area contributed by atoms with Crippen LogP contribution in [0.4, 0.5) is 0 Å². The summed E-state index contributed by atoms with van der Waals surface area (Å²) in [5.74, 6) is -0.0983. The van der Waals surface area contributed by atoms with Gasteiger partial charge in [0.1, 0.15) is 11.8 Å². The fourth-order valence-corrected chi connectivity index (χ4v) is 3.79. The minimum absolute atomic E-state index is 0.0983. The molecule has 1 unspecified atom stereocenters. The van der Waals surface area contributed by atoms with Crippen LogP contribution in [0.1, 0.15) is 46.7 Å². The zero-order valence-corrected chi connectivity index (χ0v) is 13.6. The van der Waals surface area contributed by atoms with Crippen molar-refractivity contribution >= 4 is 17.2 Å². The number of thiophene rings is 1. The van der Waals surface area contributed by atoms with Crippen LogP contribution >= 0.6 is 11.3 Å². The van der Waals surface area contributed by atoms with Crippen LogP contribution in [0, 0.1) is 0 Å². The van der Waals surface area contributed by atoms with Crippen molar-refractivity contribution in [3.05, 3.63) is 39.9 Å². The Hall–Kier alpha value is -1.66. The molecule has 1 fully saturated rings. The van der Waals surface area contributed by atoms with Gasteiger partial charge < -0.3 is 9.84 Å². The predicted molar refractivity (Wildman–Crippen MR) is 86.1 cm³/mol. The van der Waals surface area contributed by atoms with Gasteiger partial charge in [-0.2, -0.15) is 0 Å². The molecule has 0 saturated carbocycles. The predicted octanol–water partition coefficient (Wildman–Crippen LogP) is 2.87. The normalized spacial score (nSPS) is 16.8. The van der Waals surface area contributed by atoms with Gasteiger partial charge in [-0.1, -0.05) is 18.1 Å². The molecule has 2 aromatic heterocycles. The summed E-state index contributed by atoms with van der Waals surface area (Å²) in [5.41, 5.74) is 1.26. The van der Waals surface area contributed by atoms with E-state index >= 15 is 0 Å². The number of rotatable bonds is 6. The highest BCUT2D eigenvalue weighted by Gasteiger charge is 2.25. The van der Waals surface area contributed by atoms with E-state index in [1.54, 1.807) is 11.3 Å². The minimum Gasteiger partial charge on any atom is -0.364 e. The van der Waals surface area contributed by atoms with Crippen molar-refractivity contribution in [3.63, 3.8) is 0 Å². The number of hydrogen-bond donors (Lipinski definition) is 1. The summed E-state index contributed by atoms with van der Waals surface area (Å²) in [7, 11) is 0. The minimum atomic E-state index is -0.0983. The van der Waals surface area contributed by atoms with Crippen LogP contribution in [0.2, 0.25) is 0 Å². The van der Waals surface area contributed by atoms with Gasteiger partial charge in [0.05, 0.1) is 11.7 Å². The number of nitrogens with one attached hydrogen (secondary N) is 1. The number of amides is 1. The van der Waals surface area contributed by atoms with E-state index in [1.165, 1.54) is 24.0 Å². The average molecular weight is 319 g/mol.